The van der Waals surface area contributed by atoms with Crippen LogP contribution in [0.2, 0.25) is 5.02 Å². The molecule has 0 saturated heterocycles. The molecule has 0 aromatic heterocycles. The fraction of sp³-hybridized carbons (Fsp3) is 0.538. The third kappa shape index (κ3) is 1.71. The standard InChI is InChI=1S/C13H17ClN2O2/c1-13(2,17)10-9(15)5-8(14)11-12(10)18-6-16(11)7-3-4-7/h5,7,17H,3-4,6,15H2,1-2H3. The molecule has 1 aliphatic heterocycles. The van der Waals surface area contributed by atoms with Gasteiger partial charge in [-0.15, -0.1) is 0 Å². The number of ether oxygens (including phenoxy) is 1. The molecule has 0 unspecified atom stereocenters. The predicted octanol–water partition coefficient (Wildman–Crippen LogP) is 2.47. The molecule has 1 fully saturated rings. The Morgan fingerprint density at radius 3 is 2.72 bits per heavy atom. The summed E-state index contributed by atoms with van der Waals surface area (Å²) >= 11 is 6.28. The van der Waals surface area contributed by atoms with Crippen molar-refractivity contribution in [2.45, 2.75) is 38.3 Å². The van der Waals surface area contributed by atoms with Crippen LogP contribution in [0.5, 0.6) is 5.75 Å². The van der Waals surface area contributed by atoms with Crippen molar-refractivity contribution in [3.8, 4) is 5.75 Å². The number of halogens is 1. The summed E-state index contributed by atoms with van der Waals surface area (Å²) in [5.41, 5.74) is 6.92. The van der Waals surface area contributed by atoms with E-state index >= 15 is 0 Å². The molecule has 1 aliphatic carbocycles. The number of nitrogens with zero attached hydrogens (tertiary/aromatic N) is 1. The van der Waals surface area contributed by atoms with E-state index in [2.05, 4.69) is 4.90 Å². The molecule has 1 saturated carbocycles. The molecule has 1 heterocycles. The Kier molecular flexibility index (Phi) is 2.44. The van der Waals surface area contributed by atoms with Crippen LogP contribution in [0.3, 0.4) is 0 Å². The highest BCUT2D eigenvalue weighted by molar-refractivity contribution is 6.34. The smallest absolute Gasteiger partial charge is 0.162 e. The monoisotopic (exact) mass is 268 g/mol. The lowest BCUT2D eigenvalue weighted by Gasteiger charge is -2.23. The topological polar surface area (TPSA) is 58.7 Å². The molecule has 98 valence electrons. The third-order valence-corrected chi connectivity index (χ3v) is 3.76. The van der Waals surface area contributed by atoms with Gasteiger partial charge in [0.05, 0.1) is 16.2 Å². The Labute approximate surface area is 111 Å². The number of benzene rings is 1. The average molecular weight is 269 g/mol. The van der Waals surface area contributed by atoms with Crippen molar-refractivity contribution in [2.75, 3.05) is 17.4 Å². The Bertz CT molecular complexity index is 507. The van der Waals surface area contributed by atoms with Gasteiger partial charge in [0.2, 0.25) is 0 Å². The summed E-state index contributed by atoms with van der Waals surface area (Å²) in [5, 5.41) is 10.8. The molecule has 2 aliphatic rings. The molecule has 5 heteroatoms. The van der Waals surface area contributed by atoms with Crippen molar-refractivity contribution < 1.29 is 9.84 Å². The minimum atomic E-state index is -1.04. The highest BCUT2D eigenvalue weighted by Gasteiger charge is 2.39. The highest BCUT2D eigenvalue weighted by Crippen LogP contribution is 2.51. The van der Waals surface area contributed by atoms with Crippen LogP contribution in [0.25, 0.3) is 0 Å². The summed E-state index contributed by atoms with van der Waals surface area (Å²) in [6.07, 6.45) is 2.34. The van der Waals surface area contributed by atoms with Crippen molar-refractivity contribution in [3.05, 3.63) is 16.7 Å². The molecule has 0 spiro atoms. The van der Waals surface area contributed by atoms with Gasteiger partial charge in [0.15, 0.2) is 12.5 Å². The molecule has 18 heavy (non-hydrogen) atoms. The third-order valence-electron chi connectivity index (χ3n) is 3.47. The number of nitrogens with two attached hydrogens (primary N) is 1. The maximum atomic E-state index is 10.2. The molecule has 0 amide bonds. The first-order valence-electron chi connectivity index (χ1n) is 6.14. The van der Waals surface area contributed by atoms with Gasteiger partial charge in [0, 0.05) is 11.7 Å². The zero-order valence-electron chi connectivity index (χ0n) is 10.5. The minimum absolute atomic E-state index is 0.476. The molecule has 1 aromatic carbocycles. The summed E-state index contributed by atoms with van der Waals surface area (Å²) in [7, 11) is 0. The van der Waals surface area contributed by atoms with E-state index in [4.69, 9.17) is 22.1 Å². The molecule has 1 aromatic rings. The second kappa shape index (κ2) is 3.68. The van der Waals surface area contributed by atoms with Gasteiger partial charge in [-0.2, -0.15) is 0 Å². The average Bonchev–Trinajstić information content (AvgIpc) is 2.97. The van der Waals surface area contributed by atoms with Gasteiger partial charge >= 0.3 is 0 Å². The van der Waals surface area contributed by atoms with Gasteiger partial charge in [-0.3, -0.25) is 0 Å². The maximum absolute atomic E-state index is 10.2. The molecule has 0 radical (unpaired) electrons. The normalized spacial score (nSPS) is 18.8. The Hall–Kier alpha value is -1.13. The zero-order chi connectivity index (χ0) is 13.1. The molecule has 4 nitrogen and oxygen atoms in total. The number of hydrogen-bond acceptors (Lipinski definition) is 4. The first-order valence-corrected chi connectivity index (χ1v) is 6.51. The molecular weight excluding hydrogens is 252 g/mol. The number of aliphatic hydroxyl groups is 1. The lowest BCUT2D eigenvalue weighted by molar-refractivity contribution is 0.0764. The van der Waals surface area contributed by atoms with Crippen LogP contribution in [-0.2, 0) is 5.60 Å². The van der Waals surface area contributed by atoms with E-state index in [0.29, 0.717) is 34.8 Å². The van der Waals surface area contributed by atoms with Gasteiger partial charge in [0.25, 0.3) is 0 Å². The van der Waals surface area contributed by atoms with Crippen molar-refractivity contribution in [1.82, 2.24) is 0 Å². The molecule has 3 rings (SSSR count). The van der Waals surface area contributed by atoms with Gasteiger partial charge < -0.3 is 20.5 Å². The van der Waals surface area contributed by atoms with E-state index in [1.165, 1.54) is 12.8 Å². The summed E-state index contributed by atoms with van der Waals surface area (Å²) in [6.45, 7) is 3.90. The quantitative estimate of drug-likeness (QED) is 0.809. The first kappa shape index (κ1) is 11.9. The van der Waals surface area contributed by atoms with E-state index in [1.807, 2.05) is 0 Å². The van der Waals surface area contributed by atoms with Gasteiger partial charge in [-0.05, 0) is 32.8 Å². The molecular formula is C13H17ClN2O2. The van der Waals surface area contributed by atoms with Gasteiger partial charge in [-0.1, -0.05) is 11.6 Å². The van der Waals surface area contributed by atoms with E-state index < -0.39 is 5.60 Å². The van der Waals surface area contributed by atoms with Crippen LogP contribution in [0.15, 0.2) is 6.07 Å². The van der Waals surface area contributed by atoms with Crippen LogP contribution >= 0.6 is 11.6 Å². The van der Waals surface area contributed by atoms with E-state index in [0.717, 1.165) is 5.69 Å². The fourth-order valence-corrected chi connectivity index (χ4v) is 2.86. The largest absolute Gasteiger partial charge is 0.470 e. The summed E-state index contributed by atoms with van der Waals surface area (Å²) in [6, 6.07) is 2.22. The van der Waals surface area contributed by atoms with E-state index in [-0.39, 0.29) is 0 Å². The number of fused-ring (bicyclic) bond motifs is 1. The van der Waals surface area contributed by atoms with E-state index in [9.17, 15) is 5.11 Å². The summed E-state index contributed by atoms with van der Waals surface area (Å²) in [5.74, 6) is 0.638. The van der Waals surface area contributed by atoms with Crippen LogP contribution in [0.4, 0.5) is 11.4 Å². The Morgan fingerprint density at radius 1 is 1.50 bits per heavy atom. The van der Waals surface area contributed by atoms with Crippen LogP contribution in [-0.4, -0.2) is 17.9 Å². The predicted molar refractivity (Wildman–Crippen MR) is 72.1 cm³/mol. The lowest BCUT2D eigenvalue weighted by atomic mass is 9.94. The molecule has 0 bridgehead atoms. The van der Waals surface area contributed by atoms with E-state index in [1.54, 1.807) is 19.9 Å². The number of nitrogen functional groups attached to an aromatic ring is 1. The summed E-state index contributed by atoms with van der Waals surface area (Å²) < 4.78 is 5.73. The van der Waals surface area contributed by atoms with Crippen molar-refractivity contribution in [1.29, 1.82) is 0 Å². The number of rotatable bonds is 2. The van der Waals surface area contributed by atoms with Crippen molar-refractivity contribution in [3.63, 3.8) is 0 Å². The maximum Gasteiger partial charge on any atom is 0.162 e. The number of hydrogen-bond donors (Lipinski definition) is 2. The van der Waals surface area contributed by atoms with Crippen LogP contribution in [0.1, 0.15) is 32.3 Å². The lowest BCUT2D eigenvalue weighted by Crippen LogP contribution is -2.24. The summed E-state index contributed by atoms with van der Waals surface area (Å²) in [4.78, 5) is 2.16. The van der Waals surface area contributed by atoms with Crippen LogP contribution in [0, 0.1) is 0 Å². The fourth-order valence-electron chi connectivity index (χ4n) is 2.55. The van der Waals surface area contributed by atoms with Crippen LogP contribution < -0.4 is 15.4 Å². The second-order valence-electron chi connectivity index (χ2n) is 5.53. The van der Waals surface area contributed by atoms with Gasteiger partial charge in [0.1, 0.15) is 5.69 Å². The molecule has 0 atom stereocenters. The SMILES string of the molecule is CC(C)(O)c1c(N)cc(Cl)c2c1OCN2C1CC1. The second-order valence-corrected chi connectivity index (χ2v) is 5.94. The first-order chi connectivity index (χ1) is 8.39. The number of anilines is 2. The Morgan fingerprint density at radius 2 is 2.17 bits per heavy atom. The highest BCUT2D eigenvalue weighted by atomic mass is 35.5. The Balaban J connectivity index is 2.18. The van der Waals surface area contributed by atoms with Crippen molar-refractivity contribution in [2.24, 2.45) is 0 Å². The molecule has 3 N–H and O–H groups in total. The zero-order valence-corrected chi connectivity index (χ0v) is 11.3. The van der Waals surface area contributed by atoms with Crippen molar-refractivity contribution >= 4 is 23.0 Å². The minimum Gasteiger partial charge on any atom is -0.470 e. The van der Waals surface area contributed by atoms with Gasteiger partial charge in [-0.25, -0.2) is 0 Å².